The lowest BCUT2D eigenvalue weighted by molar-refractivity contribution is 0.0793. The van der Waals surface area contributed by atoms with E-state index in [4.69, 9.17) is 0 Å². The monoisotopic (exact) mass is 406 g/mol. The fourth-order valence-corrected chi connectivity index (χ4v) is 3.70. The van der Waals surface area contributed by atoms with Crippen LogP contribution in [0.5, 0.6) is 0 Å². The first kappa shape index (κ1) is 19.9. The molecule has 0 bridgehead atoms. The highest BCUT2D eigenvalue weighted by Crippen LogP contribution is 2.19. The quantitative estimate of drug-likeness (QED) is 0.681. The van der Waals surface area contributed by atoms with Crippen LogP contribution in [0.15, 0.2) is 36.4 Å². The first-order valence-corrected chi connectivity index (χ1v) is 10.3. The summed E-state index contributed by atoms with van der Waals surface area (Å²) in [7, 11) is 0. The summed E-state index contributed by atoms with van der Waals surface area (Å²) in [5, 5.41) is 14.1. The molecular formula is C22H26N6O2. The third kappa shape index (κ3) is 4.12. The molecule has 8 heteroatoms. The molecule has 2 heterocycles. The summed E-state index contributed by atoms with van der Waals surface area (Å²) < 4.78 is 1.73. The summed E-state index contributed by atoms with van der Waals surface area (Å²) in [6.45, 7) is 6.52. The summed E-state index contributed by atoms with van der Waals surface area (Å²) in [5.41, 5.74) is 5.14. The van der Waals surface area contributed by atoms with E-state index in [0.29, 0.717) is 24.2 Å². The van der Waals surface area contributed by atoms with Crippen molar-refractivity contribution in [2.24, 2.45) is 0 Å². The van der Waals surface area contributed by atoms with Crippen LogP contribution in [0.1, 0.15) is 34.3 Å². The Morgan fingerprint density at radius 2 is 1.90 bits per heavy atom. The van der Waals surface area contributed by atoms with Crippen molar-refractivity contribution in [2.75, 3.05) is 25.0 Å². The fourth-order valence-electron chi connectivity index (χ4n) is 3.70. The van der Waals surface area contributed by atoms with Gasteiger partial charge in [-0.25, -0.2) is 9.48 Å². The first-order chi connectivity index (χ1) is 14.5. The number of carbonyl (C=O) groups excluding carboxylic acids is 2. The zero-order valence-electron chi connectivity index (χ0n) is 17.3. The number of rotatable bonds is 5. The van der Waals surface area contributed by atoms with Crippen LogP contribution in [0.25, 0.3) is 11.0 Å². The van der Waals surface area contributed by atoms with Crippen molar-refractivity contribution in [2.45, 2.75) is 33.2 Å². The largest absolute Gasteiger partial charge is 0.339 e. The molecule has 0 aliphatic carbocycles. The zero-order chi connectivity index (χ0) is 21.1. The van der Waals surface area contributed by atoms with Crippen LogP contribution in [-0.2, 0) is 6.54 Å². The summed E-state index contributed by atoms with van der Waals surface area (Å²) in [4.78, 5) is 26.6. The van der Waals surface area contributed by atoms with Gasteiger partial charge in [-0.15, -0.1) is 5.10 Å². The van der Waals surface area contributed by atoms with Gasteiger partial charge >= 0.3 is 6.03 Å². The fraction of sp³-hybridized carbons (Fsp3) is 0.364. The highest BCUT2D eigenvalue weighted by molar-refractivity contribution is 5.97. The van der Waals surface area contributed by atoms with Crippen LogP contribution in [0.4, 0.5) is 10.5 Å². The SMILES string of the molecule is Cc1cccc(NC(=O)NCCn2nnc3cc(C(=O)N4CCCC4)ccc32)c1C. The van der Waals surface area contributed by atoms with E-state index in [-0.39, 0.29) is 11.9 Å². The number of benzene rings is 2. The molecule has 2 aromatic carbocycles. The molecule has 1 aromatic heterocycles. The highest BCUT2D eigenvalue weighted by Gasteiger charge is 2.20. The second-order valence-electron chi connectivity index (χ2n) is 7.64. The van der Waals surface area contributed by atoms with Gasteiger partial charge in [0.15, 0.2) is 0 Å². The predicted molar refractivity (Wildman–Crippen MR) is 116 cm³/mol. The standard InChI is InChI=1S/C22H26N6O2/c1-15-6-5-7-18(16(15)2)24-22(30)23-10-13-28-20-9-8-17(14-19(20)25-26-28)21(29)27-11-3-4-12-27/h5-9,14H,3-4,10-13H2,1-2H3,(H2,23,24,30). The number of likely N-dealkylation sites (tertiary alicyclic amines) is 1. The second kappa shape index (κ2) is 8.52. The Kier molecular flexibility index (Phi) is 5.65. The van der Waals surface area contributed by atoms with Gasteiger partial charge in [-0.05, 0) is 62.1 Å². The molecule has 1 aliphatic heterocycles. The van der Waals surface area contributed by atoms with Crippen molar-refractivity contribution < 1.29 is 9.59 Å². The number of carbonyl (C=O) groups is 2. The second-order valence-corrected chi connectivity index (χ2v) is 7.64. The van der Waals surface area contributed by atoms with Crippen LogP contribution >= 0.6 is 0 Å². The molecule has 1 aliphatic rings. The van der Waals surface area contributed by atoms with Crippen molar-refractivity contribution in [1.82, 2.24) is 25.2 Å². The van der Waals surface area contributed by atoms with Gasteiger partial charge in [-0.2, -0.15) is 0 Å². The molecule has 0 saturated carbocycles. The molecular weight excluding hydrogens is 380 g/mol. The van der Waals surface area contributed by atoms with Crippen LogP contribution in [-0.4, -0.2) is 51.5 Å². The normalized spacial score (nSPS) is 13.6. The molecule has 2 N–H and O–H groups in total. The van der Waals surface area contributed by atoms with E-state index >= 15 is 0 Å². The number of nitrogens with one attached hydrogen (secondary N) is 2. The molecule has 0 atom stereocenters. The number of hydrogen-bond acceptors (Lipinski definition) is 4. The lowest BCUT2D eigenvalue weighted by Crippen LogP contribution is -2.32. The van der Waals surface area contributed by atoms with Gasteiger partial charge in [-0.1, -0.05) is 17.3 Å². The maximum Gasteiger partial charge on any atom is 0.319 e. The van der Waals surface area contributed by atoms with E-state index in [0.717, 1.165) is 48.3 Å². The van der Waals surface area contributed by atoms with Gasteiger partial charge in [0.05, 0.1) is 12.1 Å². The third-order valence-corrected chi connectivity index (χ3v) is 5.62. The van der Waals surface area contributed by atoms with E-state index < -0.39 is 0 Å². The number of aromatic nitrogens is 3. The van der Waals surface area contributed by atoms with Gasteiger partial charge in [-0.3, -0.25) is 4.79 Å². The summed E-state index contributed by atoms with van der Waals surface area (Å²) in [6, 6.07) is 11.0. The highest BCUT2D eigenvalue weighted by atomic mass is 16.2. The van der Waals surface area contributed by atoms with Crippen LogP contribution < -0.4 is 10.6 Å². The summed E-state index contributed by atoms with van der Waals surface area (Å²) >= 11 is 0. The molecule has 0 radical (unpaired) electrons. The van der Waals surface area contributed by atoms with Crippen molar-refractivity contribution in [3.63, 3.8) is 0 Å². The number of urea groups is 1. The first-order valence-electron chi connectivity index (χ1n) is 10.3. The average Bonchev–Trinajstić information content (AvgIpc) is 3.41. The van der Waals surface area contributed by atoms with Crippen LogP contribution in [0.2, 0.25) is 0 Å². The van der Waals surface area contributed by atoms with Crippen LogP contribution in [0.3, 0.4) is 0 Å². The topological polar surface area (TPSA) is 92.1 Å². The minimum atomic E-state index is -0.258. The summed E-state index contributed by atoms with van der Waals surface area (Å²) in [6.07, 6.45) is 2.13. The maximum absolute atomic E-state index is 12.6. The average molecular weight is 406 g/mol. The number of anilines is 1. The molecule has 0 unspecified atom stereocenters. The Bertz CT molecular complexity index is 1080. The van der Waals surface area contributed by atoms with E-state index in [2.05, 4.69) is 20.9 Å². The number of fused-ring (bicyclic) bond motifs is 1. The number of hydrogen-bond donors (Lipinski definition) is 2. The van der Waals surface area contributed by atoms with Crippen LogP contribution in [0, 0.1) is 13.8 Å². The smallest absolute Gasteiger partial charge is 0.319 e. The van der Waals surface area contributed by atoms with Gasteiger partial charge in [0.2, 0.25) is 0 Å². The third-order valence-electron chi connectivity index (χ3n) is 5.62. The Morgan fingerprint density at radius 1 is 1.10 bits per heavy atom. The van der Waals surface area contributed by atoms with Crippen molar-refractivity contribution >= 4 is 28.7 Å². The number of aryl methyl sites for hydroxylation is 1. The molecule has 3 aromatic rings. The van der Waals surface area contributed by atoms with Gasteiger partial charge in [0, 0.05) is 30.9 Å². The molecule has 3 amide bonds. The van der Waals surface area contributed by atoms with Gasteiger partial charge in [0.25, 0.3) is 5.91 Å². The van der Waals surface area contributed by atoms with Gasteiger partial charge < -0.3 is 15.5 Å². The maximum atomic E-state index is 12.6. The van der Waals surface area contributed by atoms with Crippen molar-refractivity contribution in [1.29, 1.82) is 0 Å². The summed E-state index contributed by atoms with van der Waals surface area (Å²) in [5.74, 6) is 0.0497. The molecule has 156 valence electrons. The Morgan fingerprint density at radius 3 is 2.70 bits per heavy atom. The molecule has 1 saturated heterocycles. The predicted octanol–water partition coefficient (Wildman–Crippen LogP) is 3.11. The van der Waals surface area contributed by atoms with Crippen molar-refractivity contribution in [3.8, 4) is 0 Å². The minimum Gasteiger partial charge on any atom is -0.339 e. The van der Waals surface area contributed by atoms with Gasteiger partial charge in [0.1, 0.15) is 5.52 Å². The van der Waals surface area contributed by atoms with Crippen molar-refractivity contribution in [3.05, 3.63) is 53.1 Å². The molecule has 8 nitrogen and oxygen atoms in total. The van der Waals surface area contributed by atoms with E-state index in [1.807, 2.05) is 49.1 Å². The molecule has 0 spiro atoms. The number of amides is 3. The molecule has 30 heavy (non-hydrogen) atoms. The lowest BCUT2D eigenvalue weighted by atomic mass is 10.1. The lowest BCUT2D eigenvalue weighted by Gasteiger charge is -2.15. The zero-order valence-corrected chi connectivity index (χ0v) is 17.3. The Hall–Kier alpha value is -3.42. The molecule has 4 rings (SSSR count). The molecule has 1 fully saturated rings. The number of nitrogens with zero attached hydrogens (tertiary/aromatic N) is 4. The Labute approximate surface area is 175 Å². The van der Waals surface area contributed by atoms with E-state index in [1.165, 1.54) is 0 Å². The minimum absolute atomic E-state index is 0.0497. The van der Waals surface area contributed by atoms with E-state index in [1.54, 1.807) is 10.7 Å². The Balaban J connectivity index is 1.35. The van der Waals surface area contributed by atoms with E-state index in [9.17, 15) is 9.59 Å².